The van der Waals surface area contributed by atoms with Gasteiger partial charge in [0.2, 0.25) is 0 Å². The van der Waals surface area contributed by atoms with Crippen LogP contribution >= 0.6 is 0 Å². The molecule has 116 valence electrons. The third-order valence-electron chi connectivity index (χ3n) is 3.97. The molecule has 1 aliphatic carbocycles. The van der Waals surface area contributed by atoms with Crippen LogP contribution in [0, 0.1) is 5.92 Å². The van der Waals surface area contributed by atoms with Crippen molar-refractivity contribution in [1.82, 2.24) is 9.97 Å². The number of carboxylic acids is 1. The normalized spacial score (nSPS) is 22.8. The van der Waals surface area contributed by atoms with Gasteiger partial charge in [0, 0.05) is 18.0 Å². The van der Waals surface area contributed by atoms with Crippen molar-refractivity contribution in [3.63, 3.8) is 0 Å². The number of nitrogens with zero attached hydrogens (tertiary/aromatic N) is 1. The monoisotopic (exact) mass is 293 g/mol. The van der Waals surface area contributed by atoms with E-state index in [0.717, 1.165) is 25.7 Å². The first-order valence-electron chi connectivity index (χ1n) is 7.58. The minimum absolute atomic E-state index is 0.115. The van der Waals surface area contributed by atoms with Gasteiger partial charge in [-0.1, -0.05) is 33.1 Å². The van der Waals surface area contributed by atoms with Crippen LogP contribution in [-0.4, -0.2) is 27.1 Å². The van der Waals surface area contributed by atoms with Crippen LogP contribution in [0.3, 0.4) is 0 Å². The van der Waals surface area contributed by atoms with Crippen molar-refractivity contribution in [2.75, 3.05) is 5.32 Å². The Morgan fingerprint density at radius 3 is 2.76 bits per heavy atom. The zero-order valence-corrected chi connectivity index (χ0v) is 12.6. The molecular weight excluding hydrogens is 270 g/mol. The Morgan fingerprint density at radius 1 is 1.38 bits per heavy atom. The fraction of sp³-hybridized carbons (Fsp3) is 0.667. The van der Waals surface area contributed by atoms with Crippen molar-refractivity contribution < 1.29 is 9.90 Å². The zero-order valence-electron chi connectivity index (χ0n) is 12.6. The topological polar surface area (TPSA) is 95.1 Å². The van der Waals surface area contributed by atoms with E-state index in [1.54, 1.807) is 0 Å². The van der Waals surface area contributed by atoms with Gasteiger partial charge in [0.25, 0.3) is 5.56 Å². The molecule has 1 heterocycles. The summed E-state index contributed by atoms with van der Waals surface area (Å²) in [5.41, 5.74) is -0.211. The molecule has 0 spiro atoms. The first-order valence-corrected chi connectivity index (χ1v) is 7.58. The summed E-state index contributed by atoms with van der Waals surface area (Å²) in [7, 11) is 0. The fourth-order valence-corrected chi connectivity index (χ4v) is 2.79. The number of anilines is 1. The lowest BCUT2D eigenvalue weighted by molar-refractivity contribution is -0.142. The number of hydrogen-bond acceptors (Lipinski definition) is 4. The van der Waals surface area contributed by atoms with Crippen molar-refractivity contribution in [3.05, 3.63) is 22.2 Å². The van der Waals surface area contributed by atoms with Gasteiger partial charge in [-0.2, -0.15) is 0 Å². The first-order chi connectivity index (χ1) is 9.97. The third-order valence-corrected chi connectivity index (χ3v) is 3.97. The number of hydrogen-bond donors (Lipinski definition) is 3. The molecule has 0 radical (unpaired) electrons. The van der Waals surface area contributed by atoms with Gasteiger partial charge in [0.15, 0.2) is 0 Å². The second-order valence-electron chi connectivity index (χ2n) is 6.00. The standard InChI is InChI=1S/C15H23N3O3/c1-9(2)14-17-12(8-13(19)18-14)16-11-7-5-3-4-6-10(11)15(20)21/h8-11H,3-7H2,1-2H3,(H,20,21)(H2,16,17,18,19). The smallest absolute Gasteiger partial charge is 0.308 e. The average molecular weight is 293 g/mol. The Bertz CT molecular complexity index is 553. The quantitative estimate of drug-likeness (QED) is 0.741. The SMILES string of the molecule is CC(C)c1nc(NC2CCCCCC2C(=O)O)cc(=O)[nH]1. The molecule has 0 amide bonds. The van der Waals surface area contributed by atoms with E-state index >= 15 is 0 Å². The summed E-state index contributed by atoms with van der Waals surface area (Å²) in [6, 6.07) is 1.23. The van der Waals surface area contributed by atoms with Crippen LogP contribution in [0.1, 0.15) is 57.7 Å². The molecule has 21 heavy (non-hydrogen) atoms. The predicted molar refractivity (Wildman–Crippen MR) is 80.6 cm³/mol. The van der Waals surface area contributed by atoms with E-state index in [4.69, 9.17) is 0 Å². The van der Waals surface area contributed by atoms with E-state index in [1.165, 1.54) is 6.07 Å². The summed E-state index contributed by atoms with van der Waals surface area (Å²) >= 11 is 0. The number of rotatable bonds is 4. The van der Waals surface area contributed by atoms with Crippen molar-refractivity contribution in [2.24, 2.45) is 5.92 Å². The molecule has 2 unspecified atom stereocenters. The van der Waals surface area contributed by atoms with E-state index in [2.05, 4.69) is 15.3 Å². The van der Waals surface area contributed by atoms with Gasteiger partial charge in [-0.15, -0.1) is 0 Å². The second-order valence-corrected chi connectivity index (χ2v) is 6.00. The van der Waals surface area contributed by atoms with Crippen LogP contribution in [0.15, 0.2) is 10.9 Å². The summed E-state index contributed by atoms with van der Waals surface area (Å²) in [6.07, 6.45) is 4.47. The molecule has 0 aromatic carbocycles. The molecule has 1 fully saturated rings. The van der Waals surface area contributed by atoms with Crippen molar-refractivity contribution in [3.8, 4) is 0 Å². The highest BCUT2D eigenvalue weighted by molar-refractivity contribution is 5.71. The number of carboxylic acid groups (broad SMARTS) is 1. The van der Waals surface area contributed by atoms with Crippen molar-refractivity contribution in [1.29, 1.82) is 0 Å². The molecule has 2 atom stereocenters. The van der Waals surface area contributed by atoms with Crippen molar-refractivity contribution in [2.45, 2.75) is 57.9 Å². The molecule has 0 saturated heterocycles. The maximum atomic E-state index is 11.7. The molecular formula is C15H23N3O3. The minimum atomic E-state index is -0.775. The Kier molecular flexibility index (Phi) is 4.98. The fourth-order valence-electron chi connectivity index (χ4n) is 2.79. The molecule has 0 aliphatic heterocycles. The Labute approximate surface area is 124 Å². The summed E-state index contributed by atoms with van der Waals surface area (Å²) in [4.78, 5) is 30.2. The highest BCUT2D eigenvalue weighted by Crippen LogP contribution is 2.26. The molecule has 6 heteroatoms. The van der Waals surface area contributed by atoms with Crippen LogP contribution in [0.5, 0.6) is 0 Å². The summed E-state index contributed by atoms with van der Waals surface area (Å²) < 4.78 is 0. The number of aliphatic carboxylic acids is 1. The van der Waals surface area contributed by atoms with Gasteiger partial charge >= 0.3 is 5.97 Å². The minimum Gasteiger partial charge on any atom is -0.481 e. The average Bonchev–Trinajstić information content (AvgIpc) is 2.63. The van der Waals surface area contributed by atoms with E-state index in [1.807, 2.05) is 13.8 Å². The lowest BCUT2D eigenvalue weighted by Crippen LogP contribution is -2.34. The second kappa shape index (κ2) is 6.74. The molecule has 1 aromatic heterocycles. The molecule has 2 rings (SSSR count). The summed E-state index contributed by atoms with van der Waals surface area (Å²) in [6.45, 7) is 3.90. The number of aromatic nitrogens is 2. The molecule has 1 saturated carbocycles. The van der Waals surface area contributed by atoms with Gasteiger partial charge < -0.3 is 15.4 Å². The number of H-pyrrole nitrogens is 1. The third kappa shape index (κ3) is 4.06. The van der Waals surface area contributed by atoms with Crippen LogP contribution in [0.25, 0.3) is 0 Å². The van der Waals surface area contributed by atoms with E-state index < -0.39 is 11.9 Å². The largest absolute Gasteiger partial charge is 0.481 e. The molecule has 0 bridgehead atoms. The maximum Gasteiger partial charge on any atom is 0.308 e. The Balaban J connectivity index is 2.22. The van der Waals surface area contributed by atoms with E-state index in [0.29, 0.717) is 18.1 Å². The van der Waals surface area contributed by atoms with Crippen LogP contribution in [-0.2, 0) is 4.79 Å². The first kappa shape index (κ1) is 15.5. The van der Waals surface area contributed by atoms with Crippen molar-refractivity contribution >= 4 is 11.8 Å². The molecule has 1 aromatic rings. The highest BCUT2D eigenvalue weighted by atomic mass is 16.4. The predicted octanol–water partition coefficient (Wildman–Crippen LogP) is 2.34. The zero-order chi connectivity index (χ0) is 15.4. The Morgan fingerprint density at radius 2 is 2.10 bits per heavy atom. The summed E-state index contributed by atoms with van der Waals surface area (Å²) in [5, 5.41) is 12.6. The number of aromatic amines is 1. The van der Waals surface area contributed by atoms with Gasteiger partial charge in [0.1, 0.15) is 11.6 Å². The van der Waals surface area contributed by atoms with Gasteiger partial charge in [-0.05, 0) is 12.8 Å². The number of carbonyl (C=O) groups is 1. The molecule has 1 aliphatic rings. The van der Waals surface area contributed by atoms with Crippen LogP contribution in [0.4, 0.5) is 5.82 Å². The number of nitrogens with one attached hydrogen (secondary N) is 2. The van der Waals surface area contributed by atoms with Gasteiger partial charge in [-0.25, -0.2) is 4.98 Å². The maximum absolute atomic E-state index is 11.7. The molecule has 6 nitrogen and oxygen atoms in total. The van der Waals surface area contributed by atoms with E-state index in [-0.39, 0.29) is 17.5 Å². The molecule has 3 N–H and O–H groups in total. The lowest BCUT2D eigenvalue weighted by Gasteiger charge is -2.23. The van der Waals surface area contributed by atoms with Gasteiger partial charge in [0.05, 0.1) is 5.92 Å². The van der Waals surface area contributed by atoms with Crippen LogP contribution < -0.4 is 10.9 Å². The lowest BCUT2D eigenvalue weighted by atomic mass is 9.95. The summed E-state index contributed by atoms with van der Waals surface area (Å²) in [5.74, 6) is 0.00867. The van der Waals surface area contributed by atoms with E-state index in [9.17, 15) is 14.7 Å². The Hall–Kier alpha value is -1.85. The highest BCUT2D eigenvalue weighted by Gasteiger charge is 2.29. The van der Waals surface area contributed by atoms with Gasteiger partial charge in [-0.3, -0.25) is 9.59 Å². The van der Waals surface area contributed by atoms with Crippen LogP contribution in [0.2, 0.25) is 0 Å².